The van der Waals surface area contributed by atoms with Crippen molar-refractivity contribution in [2.75, 3.05) is 30.8 Å². The van der Waals surface area contributed by atoms with Crippen molar-refractivity contribution >= 4 is 39.7 Å². The number of piperidine rings is 2. The second-order valence-electron chi connectivity index (χ2n) is 7.51. The van der Waals surface area contributed by atoms with E-state index in [2.05, 4.69) is 10.6 Å². The van der Waals surface area contributed by atoms with Gasteiger partial charge >= 0.3 is 0 Å². The van der Waals surface area contributed by atoms with Crippen molar-refractivity contribution in [2.24, 2.45) is 0 Å². The molecule has 9 heteroatoms. The quantitative estimate of drug-likeness (QED) is 0.749. The van der Waals surface area contributed by atoms with Crippen LogP contribution in [0.25, 0.3) is 0 Å². The summed E-state index contributed by atoms with van der Waals surface area (Å²) in [6, 6.07) is 6.97. The number of aryl methyl sites for hydroxylation is 1. The van der Waals surface area contributed by atoms with E-state index in [1.165, 1.54) is 0 Å². The fourth-order valence-electron chi connectivity index (χ4n) is 3.88. The van der Waals surface area contributed by atoms with Crippen LogP contribution in [0.4, 0.5) is 5.69 Å². The molecule has 0 aliphatic carbocycles. The Morgan fingerprint density at radius 2 is 1.82 bits per heavy atom. The Kier molecular flexibility index (Phi) is 7.12. The summed E-state index contributed by atoms with van der Waals surface area (Å²) in [4.78, 5) is 27.6. The molecule has 156 valence electrons. The van der Waals surface area contributed by atoms with Crippen LogP contribution in [0.5, 0.6) is 0 Å². The molecule has 2 heterocycles. The van der Waals surface area contributed by atoms with Gasteiger partial charge in [-0.05, 0) is 57.8 Å². The first-order chi connectivity index (χ1) is 12.7. The molecule has 0 bridgehead atoms. The van der Waals surface area contributed by atoms with E-state index < -0.39 is 26.5 Å². The molecule has 2 N–H and O–H groups in total. The normalized spacial score (nSPS) is 22.3. The molecular weight excluding hydrogens is 402 g/mol. The number of amides is 2. The minimum Gasteiger partial charge on any atom is -0.343 e. The van der Waals surface area contributed by atoms with Crippen molar-refractivity contribution in [3.05, 3.63) is 29.8 Å². The summed E-state index contributed by atoms with van der Waals surface area (Å²) < 4.78 is 23.4. The van der Waals surface area contributed by atoms with Gasteiger partial charge in [0.05, 0.1) is 0 Å². The molecule has 1 aromatic carbocycles. The zero-order valence-electron chi connectivity index (χ0n) is 16.2. The Hall–Kier alpha value is -1.64. The van der Waals surface area contributed by atoms with Crippen molar-refractivity contribution in [3.8, 4) is 0 Å². The molecule has 1 atom stereocenters. The van der Waals surface area contributed by atoms with Crippen LogP contribution in [0.3, 0.4) is 0 Å². The Morgan fingerprint density at radius 3 is 2.39 bits per heavy atom. The van der Waals surface area contributed by atoms with Gasteiger partial charge in [-0.15, -0.1) is 12.4 Å². The van der Waals surface area contributed by atoms with Crippen molar-refractivity contribution < 1.29 is 18.0 Å². The molecule has 1 aromatic rings. The minimum absolute atomic E-state index is 0. The second kappa shape index (κ2) is 8.80. The first-order valence-corrected chi connectivity index (χ1v) is 11.2. The molecule has 1 unspecified atom stereocenters. The third-order valence-electron chi connectivity index (χ3n) is 5.62. The molecule has 2 amide bonds. The average molecular weight is 430 g/mol. The van der Waals surface area contributed by atoms with E-state index in [9.17, 15) is 18.0 Å². The van der Waals surface area contributed by atoms with E-state index >= 15 is 0 Å². The molecule has 0 aromatic heterocycles. The number of hydrogen-bond donors (Lipinski definition) is 2. The number of sulfone groups is 1. The SMILES string of the molecule is Cc1ccc(N2CCCC(NC(=O)C3(S(C)(=O)=O)CCNCC3)C2=O)cc1.Cl. The summed E-state index contributed by atoms with van der Waals surface area (Å²) >= 11 is 0. The van der Waals surface area contributed by atoms with Crippen LogP contribution in [0, 0.1) is 6.92 Å². The Morgan fingerprint density at radius 1 is 1.21 bits per heavy atom. The topological polar surface area (TPSA) is 95.6 Å². The van der Waals surface area contributed by atoms with Gasteiger partial charge in [-0.2, -0.15) is 0 Å². The third-order valence-corrected chi connectivity index (χ3v) is 7.64. The van der Waals surface area contributed by atoms with Crippen LogP contribution >= 0.6 is 12.4 Å². The standard InChI is InChI=1S/C19H27N3O4S.ClH/c1-14-5-7-15(8-6-14)22-13-3-4-16(17(22)23)21-18(24)19(27(2,25)26)9-11-20-12-10-19;/h5-8,16,20H,3-4,9-13H2,1-2H3,(H,21,24);1H. The summed E-state index contributed by atoms with van der Waals surface area (Å²) in [7, 11) is -3.60. The summed E-state index contributed by atoms with van der Waals surface area (Å²) in [5, 5.41) is 5.85. The number of hydrogen-bond acceptors (Lipinski definition) is 5. The highest BCUT2D eigenvalue weighted by molar-refractivity contribution is 7.92. The maximum Gasteiger partial charge on any atom is 0.249 e. The molecule has 7 nitrogen and oxygen atoms in total. The summed E-state index contributed by atoms with van der Waals surface area (Å²) in [5.74, 6) is -0.730. The molecule has 2 aliphatic rings. The first-order valence-electron chi connectivity index (χ1n) is 9.34. The van der Waals surface area contributed by atoms with Crippen LogP contribution in [-0.2, 0) is 19.4 Å². The summed E-state index contributed by atoms with van der Waals surface area (Å²) in [5.41, 5.74) is 1.90. The lowest BCUT2D eigenvalue weighted by Crippen LogP contribution is -2.61. The number of rotatable bonds is 4. The Labute approximate surface area is 172 Å². The number of halogens is 1. The Balaban J connectivity index is 0.00000280. The fourth-order valence-corrected chi connectivity index (χ4v) is 5.22. The predicted molar refractivity (Wildman–Crippen MR) is 112 cm³/mol. The highest BCUT2D eigenvalue weighted by Crippen LogP contribution is 2.29. The lowest BCUT2D eigenvalue weighted by molar-refractivity contribution is -0.130. The predicted octanol–water partition coefficient (Wildman–Crippen LogP) is 1.20. The smallest absolute Gasteiger partial charge is 0.249 e. The van der Waals surface area contributed by atoms with Crippen molar-refractivity contribution in [1.82, 2.24) is 10.6 Å². The summed E-state index contributed by atoms with van der Waals surface area (Å²) in [6.45, 7) is 3.51. The lowest BCUT2D eigenvalue weighted by atomic mass is 9.94. The van der Waals surface area contributed by atoms with Gasteiger partial charge in [0.2, 0.25) is 11.8 Å². The van der Waals surface area contributed by atoms with E-state index in [4.69, 9.17) is 0 Å². The molecule has 0 spiro atoms. The molecule has 2 fully saturated rings. The van der Waals surface area contributed by atoms with E-state index in [0.717, 1.165) is 23.9 Å². The van der Waals surface area contributed by atoms with Gasteiger partial charge < -0.3 is 15.5 Å². The van der Waals surface area contributed by atoms with Crippen LogP contribution < -0.4 is 15.5 Å². The molecule has 28 heavy (non-hydrogen) atoms. The Bertz CT molecular complexity index is 820. The molecule has 3 rings (SSSR count). The van der Waals surface area contributed by atoms with Gasteiger partial charge in [0, 0.05) is 18.5 Å². The number of carbonyl (C=O) groups excluding carboxylic acids is 2. The van der Waals surface area contributed by atoms with E-state index in [1.807, 2.05) is 31.2 Å². The highest BCUT2D eigenvalue weighted by atomic mass is 35.5. The number of nitrogens with zero attached hydrogens (tertiary/aromatic N) is 1. The van der Waals surface area contributed by atoms with Gasteiger partial charge in [0.25, 0.3) is 0 Å². The van der Waals surface area contributed by atoms with Gasteiger partial charge in [-0.25, -0.2) is 8.42 Å². The zero-order chi connectivity index (χ0) is 19.7. The molecule has 2 saturated heterocycles. The zero-order valence-corrected chi connectivity index (χ0v) is 17.9. The monoisotopic (exact) mass is 429 g/mol. The maximum atomic E-state index is 13.0. The maximum absolute atomic E-state index is 13.0. The van der Waals surface area contributed by atoms with Gasteiger partial charge in [0.1, 0.15) is 6.04 Å². The average Bonchev–Trinajstić information content (AvgIpc) is 2.64. The van der Waals surface area contributed by atoms with Crippen molar-refractivity contribution in [1.29, 1.82) is 0 Å². The number of anilines is 1. The first kappa shape index (κ1) is 22.6. The summed E-state index contributed by atoms with van der Waals surface area (Å²) in [6.07, 6.45) is 2.82. The number of benzene rings is 1. The lowest BCUT2D eigenvalue weighted by Gasteiger charge is -2.37. The number of nitrogens with one attached hydrogen (secondary N) is 2. The fraction of sp³-hybridized carbons (Fsp3) is 0.579. The van der Waals surface area contributed by atoms with E-state index in [0.29, 0.717) is 26.1 Å². The highest BCUT2D eigenvalue weighted by Gasteiger charge is 2.49. The van der Waals surface area contributed by atoms with Crippen molar-refractivity contribution in [3.63, 3.8) is 0 Å². The molecule has 0 saturated carbocycles. The van der Waals surface area contributed by atoms with E-state index in [-0.39, 0.29) is 31.2 Å². The third kappa shape index (κ3) is 4.34. The largest absolute Gasteiger partial charge is 0.343 e. The van der Waals surface area contributed by atoms with Gasteiger partial charge in [-0.1, -0.05) is 17.7 Å². The molecule has 2 aliphatic heterocycles. The van der Waals surface area contributed by atoms with Gasteiger partial charge in [0.15, 0.2) is 14.6 Å². The second-order valence-corrected chi connectivity index (χ2v) is 9.84. The van der Waals surface area contributed by atoms with Crippen LogP contribution in [0.15, 0.2) is 24.3 Å². The minimum atomic E-state index is -3.60. The van der Waals surface area contributed by atoms with Crippen LogP contribution in [0.1, 0.15) is 31.2 Å². The van der Waals surface area contributed by atoms with Crippen LogP contribution in [0.2, 0.25) is 0 Å². The molecular formula is C19H28ClN3O4S. The van der Waals surface area contributed by atoms with Gasteiger partial charge in [-0.3, -0.25) is 9.59 Å². The molecule has 0 radical (unpaired) electrons. The van der Waals surface area contributed by atoms with Crippen molar-refractivity contribution in [2.45, 2.75) is 43.4 Å². The van der Waals surface area contributed by atoms with E-state index in [1.54, 1.807) is 4.90 Å². The van der Waals surface area contributed by atoms with Crippen LogP contribution in [-0.4, -0.2) is 56.9 Å². The number of carbonyl (C=O) groups is 2.